The maximum absolute atomic E-state index is 13.5. The highest BCUT2D eigenvalue weighted by Gasteiger charge is 2.32. The molecule has 0 bridgehead atoms. The molecule has 0 unspecified atom stereocenters. The first-order chi connectivity index (χ1) is 13.8. The number of anilines is 1. The first kappa shape index (κ1) is 21.5. The van der Waals surface area contributed by atoms with E-state index < -0.39 is 15.9 Å². The summed E-state index contributed by atoms with van der Waals surface area (Å²) in [5, 5.41) is 2.84. The molecule has 1 aliphatic heterocycles. The van der Waals surface area contributed by atoms with Crippen LogP contribution in [0.3, 0.4) is 0 Å². The zero-order valence-corrected chi connectivity index (χ0v) is 18.1. The molecule has 158 valence electrons. The van der Waals surface area contributed by atoms with Crippen molar-refractivity contribution in [2.45, 2.75) is 56.1 Å². The average molecular weight is 421 g/mol. The van der Waals surface area contributed by atoms with Crippen LogP contribution >= 0.6 is 0 Å². The van der Waals surface area contributed by atoms with Crippen LogP contribution < -0.4 is 5.32 Å². The maximum atomic E-state index is 13.5. The molecule has 2 heterocycles. The fourth-order valence-electron chi connectivity index (χ4n) is 3.57. The number of nitrogens with one attached hydrogen (secondary N) is 1. The first-order valence-corrected chi connectivity index (χ1v) is 11.2. The third-order valence-corrected chi connectivity index (χ3v) is 7.29. The Balaban J connectivity index is 2.11. The van der Waals surface area contributed by atoms with Crippen LogP contribution in [0.5, 0.6) is 0 Å². The summed E-state index contributed by atoms with van der Waals surface area (Å²) < 4.78 is 39.5. The van der Waals surface area contributed by atoms with Crippen LogP contribution in [0.4, 0.5) is 5.82 Å². The van der Waals surface area contributed by atoms with Crippen LogP contribution in [0.25, 0.3) is 0 Å². The van der Waals surface area contributed by atoms with E-state index in [-0.39, 0.29) is 21.5 Å². The molecule has 29 heavy (non-hydrogen) atoms. The van der Waals surface area contributed by atoms with Crippen LogP contribution in [0.15, 0.2) is 34.1 Å². The van der Waals surface area contributed by atoms with E-state index in [1.54, 1.807) is 42.9 Å². The van der Waals surface area contributed by atoms with Gasteiger partial charge in [0.25, 0.3) is 5.91 Å². The number of amides is 1. The minimum atomic E-state index is -3.83. The second kappa shape index (κ2) is 8.69. The first-order valence-electron chi connectivity index (χ1n) is 9.70. The van der Waals surface area contributed by atoms with Crippen molar-refractivity contribution in [3.8, 4) is 0 Å². The van der Waals surface area contributed by atoms with Crippen LogP contribution in [0, 0.1) is 20.8 Å². The smallest absolute Gasteiger partial charge is 0.254 e. The molecule has 1 aliphatic rings. The van der Waals surface area contributed by atoms with E-state index in [0.29, 0.717) is 31.7 Å². The number of carbonyl (C=O) groups excluding carboxylic acids is 1. The van der Waals surface area contributed by atoms with Gasteiger partial charge in [0.15, 0.2) is 0 Å². The van der Waals surface area contributed by atoms with Gasteiger partial charge >= 0.3 is 0 Å². The van der Waals surface area contributed by atoms with Gasteiger partial charge in [-0.25, -0.2) is 8.42 Å². The van der Waals surface area contributed by atoms with Gasteiger partial charge in [0.1, 0.15) is 16.8 Å². The van der Waals surface area contributed by atoms with Gasteiger partial charge in [-0.15, -0.1) is 0 Å². The molecule has 8 heteroatoms. The molecule has 7 nitrogen and oxygen atoms in total. The van der Waals surface area contributed by atoms with E-state index >= 15 is 0 Å². The number of aryl methyl sites for hydroxylation is 1. The highest BCUT2D eigenvalue weighted by atomic mass is 32.2. The monoisotopic (exact) mass is 420 g/mol. The van der Waals surface area contributed by atoms with Crippen molar-refractivity contribution in [3.63, 3.8) is 0 Å². The molecule has 1 fully saturated rings. The van der Waals surface area contributed by atoms with E-state index in [1.165, 1.54) is 0 Å². The molecule has 1 amide bonds. The van der Waals surface area contributed by atoms with Gasteiger partial charge in [-0.3, -0.25) is 4.79 Å². The third-order valence-electron chi connectivity index (χ3n) is 5.36. The van der Waals surface area contributed by atoms with Crippen molar-refractivity contribution in [2.75, 3.05) is 25.6 Å². The van der Waals surface area contributed by atoms with Crippen LogP contribution in [-0.4, -0.2) is 45.3 Å². The number of aromatic nitrogens is 1. The van der Waals surface area contributed by atoms with Crippen molar-refractivity contribution >= 4 is 21.6 Å². The molecule has 2 aromatic rings. The van der Waals surface area contributed by atoms with E-state index in [9.17, 15) is 13.2 Å². The van der Waals surface area contributed by atoms with Crippen LogP contribution in [-0.2, 0) is 30.7 Å². The molecule has 1 N–H and O–H groups in total. The van der Waals surface area contributed by atoms with Crippen molar-refractivity contribution in [2.24, 2.45) is 0 Å². The van der Waals surface area contributed by atoms with E-state index in [4.69, 9.17) is 9.47 Å². The number of rotatable bonds is 7. The van der Waals surface area contributed by atoms with Gasteiger partial charge in [0, 0.05) is 26.0 Å². The lowest BCUT2D eigenvalue weighted by Crippen LogP contribution is -2.29. The van der Waals surface area contributed by atoms with Gasteiger partial charge in [-0.1, -0.05) is 17.7 Å². The highest BCUT2D eigenvalue weighted by Crippen LogP contribution is 2.35. The molecule has 1 aromatic carbocycles. The highest BCUT2D eigenvalue weighted by molar-refractivity contribution is 7.91. The number of sulfone groups is 1. The molecule has 1 atom stereocenters. The molecule has 0 aliphatic carbocycles. The van der Waals surface area contributed by atoms with E-state index in [2.05, 4.69) is 5.32 Å². The lowest BCUT2D eigenvalue weighted by Gasteiger charge is -2.16. The number of carbonyl (C=O) groups is 1. The number of hydrogen-bond donors (Lipinski definition) is 1. The topological polar surface area (TPSA) is 86.6 Å². The Bertz CT molecular complexity index is 987. The summed E-state index contributed by atoms with van der Waals surface area (Å²) in [7, 11) is -2.25. The van der Waals surface area contributed by atoms with Crippen molar-refractivity contribution in [3.05, 3.63) is 41.1 Å². The minimum Gasteiger partial charge on any atom is -0.383 e. The van der Waals surface area contributed by atoms with Gasteiger partial charge in [0.2, 0.25) is 9.84 Å². The predicted octanol–water partition coefficient (Wildman–Crippen LogP) is 3.01. The van der Waals surface area contributed by atoms with Gasteiger partial charge in [-0.05, 0) is 51.3 Å². The minimum absolute atomic E-state index is 0.126. The molecule has 0 radical (unpaired) electrons. The van der Waals surface area contributed by atoms with Crippen molar-refractivity contribution in [1.82, 2.24) is 4.57 Å². The SMILES string of the molecule is COCCn1c(C)c(C)c(S(=O)(=O)c2ccc(C)cc2)c1NC(=O)[C@H]1CCCO1. The summed E-state index contributed by atoms with van der Waals surface area (Å²) in [5.41, 5.74) is 2.36. The molecule has 0 saturated carbocycles. The van der Waals surface area contributed by atoms with Crippen molar-refractivity contribution in [1.29, 1.82) is 0 Å². The number of nitrogens with zero attached hydrogens (tertiary/aromatic N) is 1. The molecule has 1 saturated heterocycles. The Kier molecular flexibility index (Phi) is 6.45. The fraction of sp³-hybridized carbons (Fsp3) is 0.476. The van der Waals surface area contributed by atoms with Crippen LogP contribution in [0.1, 0.15) is 29.7 Å². The molecule has 1 aromatic heterocycles. The number of methoxy groups -OCH3 is 1. The lowest BCUT2D eigenvalue weighted by atomic mass is 10.2. The maximum Gasteiger partial charge on any atom is 0.254 e. The third kappa shape index (κ3) is 4.24. The second-order valence-corrected chi connectivity index (χ2v) is 9.23. The second-order valence-electron chi connectivity index (χ2n) is 7.34. The summed E-state index contributed by atoms with van der Waals surface area (Å²) >= 11 is 0. The van der Waals surface area contributed by atoms with Gasteiger partial charge < -0.3 is 19.4 Å². The zero-order valence-electron chi connectivity index (χ0n) is 17.3. The lowest BCUT2D eigenvalue weighted by molar-refractivity contribution is -0.124. The fourth-order valence-corrected chi connectivity index (χ4v) is 5.26. The standard InChI is InChI=1S/C21H28N2O5S/c1-14-7-9-17(10-8-14)29(25,26)19-15(2)16(3)23(11-13-27-4)20(19)22-21(24)18-6-5-12-28-18/h7-10,18H,5-6,11-13H2,1-4H3,(H,22,24)/t18-/m1/s1. The predicted molar refractivity (Wildman–Crippen MR) is 110 cm³/mol. The van der Waals surface area contributed by atoms with E-state index in [1.807, 2.05) is 13.8 Å². The molecule has 3 rings (SSSR count). The summed E-state index contributed by atoms with van der Waals surface area (Å²) in [5.74, 6) is -0.0443. The summed E-state index contributed by atoms with van der Waals surface area (Å²) in [6.07, 6.45) is 0.883. The van der Waals surface area contributed by atoms with E-state index in [0.717, 1.165) is 17.7 Å². The Hall–Kier alpha value is -2.16. The van der Waals surface area contributed by atoms with Gasteiger partial charge in [-0.2, -0.15) is 0 Å². The summed E-state index contributed by atoms with van der Waals surface area (Å²) in [6, 6.07) is 6.72. The molecular weight excluding hydrogens is 392 g/mol. The Morgan fingerprint density at radius 2 is 1.93 bits per heavy atom. The van der Waals surface area contributed by atoms with Crippen LogP contribution in [0.2, 0.25) is 0 Å². The average Bonchev–Trinajstić information content (AvgIpc) is 3.29. The normalized spacial score (nSPS) is 16.9. The summed E-state index contributed by atoms with van der Waals surface area (Å²) in [6.45, 7) is 6.87. The Morgan fingerprint density at radius 3 is 2.52 bits per heavy atom. The number of benzene rings is 1. The largest absolute Gasteiger partial charge is 0.383 e. The Labute approximate surface area is 171 Å². The Morgan fingerprint density at radius 1 is 1.24 bits per heavy atom. The zero-order chi connectivity index (χ0) is 21.2. The van der Waals surface area contributed by atoms with Crippen molar-refractivity contribution < 1.29 is 22.7 Å². The molecule has 0 spiro atoms. The molecular formula is C21H28N2O5S. The summed E-state index contributed by atoms with van der Waals surface area (Å²) in [4.78, 5) is 13.1. The number of ether oxygens (including phenoxy) is 2. The number of hydrogen-bond acceptors (Lipinski definition) is 5. The quantitative estimate of drug-likeness (QED) is 0.744. The van der Waals surface area contributed by atoms with Gasteiger partial charge in [0.05, 0.1) is 11.5 Å².